The highest BCUT2D eigenvalue weighted by Gasteiger charge is 2.05. The van der Waals surface area contributed by atoms with Crippen LogP contribution < -0.4 is 15.2 Å². The summed E-state index contributed by atoms with van der Waals surface area (Å²) in [6.45, 7) is 2.90. The Labute approximate surface area is 166 Å². The number of benzene rings is 2. The van der Waals surface area contributed by atoms with Crippen LogP contribution in [0.1, 0.15) is 0 Å². The molecule has 0 aliphatic rings. The van der Waals surface area contributed by atoms with E-state index in [9.17, 15) is 10.1 Å². The predicted molar refractivity (Wildman–Crippen MR) is 112 cm³/mol. The van der Waals surface area contributed by atoms with Gasteiger partial charge in [-0.15, -0.1) is 0 Å². The first-order valence-electron chi connectivity index (χ1n) is 8.93. The maximum absolute atomic E-state index is 10.5. The van der Waals surface area contributed by atoms with Crippen molar-refractivity contribution in [2.75, 3.05) is 60.2 Å². The van der Waals surface area contributed by atoms with Gasteiger partial charge in [-0.3, -0.25) is 10.1 Å². The lowest BCUT2D eigenvalue weighted by Gasteiger charge is -2.10. The van der Waals surface area contributed by atoms with Gasteiger partial charge in [-0.25, -0.2) is 0 Å². The van der Waals surface area contributed by atoms with E-state index in [2.05, 4.69) is 4.90 Å². The zero-order chi connectivity index (χ0) is 20.9. The molecule has 2 aromatic carbocycles. The molecule has 154 valence electrons. The summed E-state index contributed by atoms with van der Waals surface area (Å²) in [6, 6.07) is 13.7. The number of nitrogens with two attached hydrogens (primary N) is 1. The van der Waals surface area contributed by atoms with E-state index in [1.165, 1.54) is 12.1 Å². The summed E-state index contributed by atoms with van der Waals surface area (Å²) in [4.78, 5) is 14.1. The van der Waals surface area contributed by atoms with Gasteiger partial charge in [0.25, 0.3) is 5.69 Å². The molecule has 0 aliphatic heterocycles. The summed E-state index contributed by atoms with van der Waals surface area (Å²) in [5.41, 5.74) is 6.39. The number of likely N-dealkylation sites (N-methyl/N-ethyl adjacent to an activating group) is 2. The summed E-state index contributed by atoms with van der Waals surface area (Å²) >= 11 is 0. The van der Waals surface area contributed by atoms with Crippen LogP contribution in [0.4, 0.5) is 11.4 Å². The predicted octanol–water partition coefficient (Wildman–Crippen LogP) is 2.74. The molecule has 0 atom stereocenters. The zero-order valence-electron chi connectivity index (χ0n) is 17.0. The summed E-state index contributed by atoms with van der Waals surface area (Å²) < 4.78 is 10.8. The molecule has 8 heteroatoms. The van der Waals surface area contributed by atoms with Gasteiger partial charge in [0.1, 0.15) is 24.7 Å². The molecule has 0 bridgehead atoms. The average Bonchev–Trinajstić information content (AvgIpc) is 2.62. The number of nitrogen functional groups attached to an aromatic ring is 1. The summed E-state index contributed by atoms with van der Waals surface area (Å²) in [7, 11) is 7.92. The van der Waals surface area contributed by atoms with Crippen LogP contribution in [0.25, 0.3) is 0 Å². The Hall–Kier alpha value is -2.84. The highest BCUT2D eigenvalue weighted by atomic mass is 16.6. The maximum Gasteiger partial charge on any atom is 0.273 e. The average molecular weight is 390 g/mol. The van der Waals surface area contributed by atoms with E-state index >= 15 is 0 Å². The summed E-state index contributed by atoms with van der Waals surface area (Å²) in [5.74, 6) is 1.37. The summed E-state index contributed by atoms with van der Waals surface area (Å²) in [5, 5.41) is 10.5. The molecule has 0 saturated heterocycles. The SMILES string of the molecule is CN(C)CCOc1cccc(N)c1.CN(C)CCOc1cccc([N+](=O)[O-])c1. The number of nitro groups is 1. The second-order valence-corrected chi connectivity index (χ2v) is 6.63. The van der Waals surface area contributed by atoms with Crippen LogP contribution in [0.15, 0.2) is 48.5 Å². The largest absolute Gasteiger partial charge is 0.492 e. The second-order valence-electron chi connectivity index (χ2n) is 6.63. The molecule has 2 N–H and O–H groups in total. The normalized spacial score (nSPS) is 10.4. The van der Waals surface area contributed by atoms with Gasteiger partial charge in [-0.1, -0.05) is 12.1 Å². The third kappa shape index (κ3) is 10.3. The van der Waals surface area contributed by atoms with Crippen LogP contribution >= 0.6 is 0 Å². The molecule has 0 saturated carbocycles. The van der Waals surface area contributed by atoms with Crippen molar-refractivity contribution >= 4 is 11.4 Å². The number of non-ortho nitro benzene ring substituents is 1. The van der Waals surface area contributed by atoms with E-state index in [0.717, 1.165) is 24.5 Å². The highest BCUT2D eigenvalue weighted by Crippen LogP contribution is 2.18. The smallest absolute Gasteiger partial charge is 0.273 e. The Kier molecular flexibility index (Phi) is 10.4. The lowest BCUT2D eigenvalue weighted by atomic mass is 10.3. The van der Waals surface area contributed by atoms with Gasteiger partial charge in [-0.05, 0) is 46.4 Å². The fourth-order valence-electron chi connectivity index (χ4n) is 1.98. The molecule has 8 nitrogen and oxygen atoms in total. The molecule has 0 aliphatic carbocycles. The van der Waals surface area contributed by atoms with Crippen LogP contribution in [0, 0.1) is 10.1 Å². The monoisotopic (exact) mass is 390 g/mol. The Morgan fingerprint density at radius 1 is 0.893 bits per heavy atom. The Bertz CT molecular complexity index is 723. The molecule has 2 aromatic rings. The molecule has 0 aromatic heterocycles. The van der Waals surface area contributed by atoms with Crippen molar-refractivity contribution in [2.45, 2.75) is 0 Å². The van der Waals surface area contributed by atoms with Crippen molar-refractivity contribution in [2.24, 2.45) is 0 Å². The van der Waals surface area contributed by atoms with Crippen molar-refractivity contribution in [3.8, 4) is 11.5 Å². The molecule has 28 heavy (non-hydrogen) atoms. The van der Waals surface area contributed by atoms with Crippen molar-refractivity contribution in [3.05, 3.63) is 58.6 Å². The van der Waals surface area contributed by atoms with E-state index in [-0.39, 0.29) is 5.69 Å². The highest BCUT2D eigenvalue weighted by molar-refractivity contribution is 5.43. The van der Waals surface area contributed by atoms with Gasteiger partial charge in [-0.2, -0.15) is 0 Å². The Morgan fingerprint density at radius 3 is 1.86 bits per heavy atom. The van der Waals surface area contributed by atoms with E-state index in [4.69, 9.17) is 15.2 Å². The molecule has 0 heterocycles. The van der Waals surface area contributed by atoms with Crippen molar-refractivity contribution < 1.29 is 14.4 Å². The molecular formula is C20H30N4O4. The first-order chi connectivity index (χ1) is 13.3. The maximum atomic E-state index is 10.5. The van der Waals surface area contributed by atoms with Gasteiger partial charge in [0.15, 0.2) is 0 Å². The number of hydrogen-bond donors (Lipinski definition) is 1. The van der Waals surface area contributed by atoms with Crippen molar-refractivity contribution in [1.82, 2.24) is 9.80 Å². The lowest BCUT2D eigenvalue weighted by molar-refractivity contribution is -0.384. The van der Waals surface area contributed by atoms with Crippen LogP contribution in [0.2, 0.25) is 0 Å². The first-order valence-corrected chi connectivity index (χ1v) is 8.93. The van der Waals surface area contributed by atoms with Crippen LogP contribution in [0.5, 0.6) is 11.5 Å². The van der Waals surface area contributed by atoms with E-state index in [1.54, 1.807) is 12.1 Å². The Morgan fingerprint density at radius 2 is 1.39 bits per heavy atom. The number of nitro benzene ring substituents is 1. The minimum absolute atomic E-state index is 0.0531. The minimum Gasteiger partial charge on any atom is -0.492 e. The van der Waals surface area contributed by atoms with E-state index < -0.39 is 4.92 Å². The number of hydrogen-bond acceptors (Lipinski definition) is 7. The van der Waals surface area contributed by atoms with Gasteiger partial charge < -0.3 is 25.0 Å². The molecule has 0 spiro atoms. The number of rotatable bonds is 9. The number of nitrogens with zero attached hydrogens (tertiary/aromatic N) is 3. The van der Waals surface area contributed by atoms with E-state index in [1.807, 2.05) is 57.4 Å². The lowest BCUT2D eigenvalue weighted by Crippen LogP contribution is -2.19. The number of ether oxygens (including phenoxy) is 2. The third-order valence-electron chi connectivity index (χ3n) is 3.50. The van der Waals surface area contributed by atoms with Gasteiger partial charge >= 0.3 is 0 Å². The molecule has 0 unspecified atom stereocenters. The molecule has 0 radical (unpaired) electrons. The first kappa shape index (κ1) is 23.2. The standard InChI is InChI=1S/C10H14N2O3.C10H16N2O/c1-11(2)6-7-15-10-5-3-4-9(8-10)12(13)14;1-12(2)6-7-13-10-5-3-4-9(11)8-10/h3-5,8H,6-7H2,1-2H3;3-5,8H,6-7,11H2,1-2H3. The minimum atomic E-state index is -0.432. The Balaban J connectivity index is 0.000000283. The van der Waals surface area contributed by atoms with Crippen LogP contribution in [-0.2, 0) is 0 Å². The van der Waals surface area contributed by atoms with Gasteiger partial charge in [0.2, 0.25) is 0 Å². The third-order valence-corrected chi connectivity index (χ3v) is 3.50. The molecule has 2 rings (SSSR count). The summed E-state index contributed by atoms with van der Waals surface area (Å²) in [6.07, 6.45) is 0. The quantitative estimate of drug-likeness (QED) is 0.400. The van der Waals surface area contributed by atoms with Crippen LogP contribution in [-0.4, -0.2) is 69.2 Å². The topological polar surface area (TPSA) is 94.1 Å². The molecule has 0 fully saturated rings. The fraction of sp³-hybridized carbons (Fsp3) is 0.400. The van der Waals surface area contributed by atoms with Gasteiger partial charge in [0.05, 0.1) is 11.0 Å². The van der Waals surface area contributed by atoms with Crippen LogP contribution in [0.3, 0.4) is 0 Å². The fourth-order valence-corrected chi connectivity index (χ4v) is 1.98. The molecule has 0 amide bonds. The van der Waals surface area contributed by atoms with Gasteiger partial charge in [0, 0.05) is 30.9 Å². The van der Waals surface area contributed by atoms with E-state index in [0.29, 0.717) is 19.0 Å². The zero-order valence-corrected chi connectivity index (χ0v) is 17.0. The van der Waals surface area contributed by atoms with Crippen molar-refractivity contribution in [1.29, 1.82) is 0 Å². The molecular weight excluding hydrogens is 360 g/mol. The number of anilines is 1. The van der Waals surface area contributed by atoms with Crippen molar-refractivity contribution in [3.63, 3.8) is 0 Å². The second kappa shape index (κ2) is 12.5.